The second-order valence-electron chi connectivity index (χ2n) is 8.24. The molecule has 0 heterocycles. The van der Waals surface area contributed by atoms with Gasteiger partial charge in [-0.1, -0.05) is 121 Å². The summed E-state index contributed by atoms with van der Waals surface area (Å²) in [7, 11) is 0. The van der Waals surface area contributed by atoms with Crippen LogP contribution in [-0.2, 0) is 9.31 Å². The maximum Gasteiger partial charge on any atom is 0.365 e. The molecule has 4 aromatic carbocycles. The van der Waals surface area contributed by atoms with E-state index in [0.29, 0.717) is 24.7 Å². The summed E-state index contributed by atoms with van der Waals surface area (Å²) in [6, 6.07) is 36.4. The third kappa shape index (κ3) is 7.67. The van der Waals surface area contributed by atoms with Crippen LogP contribution in [0.4, 0.5) is 0 Å². The smallest absolute Gasteiger partial charge is 0.365 e. The van der Waals surface area contributed by atoms with E-state index >= 15 is 0 Å². The number of rotatable bonds is 14. The van der Waals surface area contributed by atoms with Crippen molar-refractivity contribution in [1.82, 2.24) is 0 Å². The first-order chi connectivity index (χ1) is 18.3. The Morgan fingerprint density at radius 2 is 0.892 bits per heavy atom. The first-order valence-corrected chi connectivity index (χ1v) is 14.2. The Kier molecular flexibility index (Phi) is 11.1. The molecular formula is C28H30B2N2O3S2. The van der Waals surface area contributed by atoms with Crippen LogP contribution in [0.1, 0.15) is 0 Å². The Labute approximate surface area is 228 Å². The fourth-order valence-electron chi connectivity index (χ4n) is 4.11. The van der Waals surface area contributed by atoms with E-state index in [-0.39, 0.29) is 13.8 Å². The average molecular weight is 528 g/mol. The number of benzene rings is 4. The molecule has 9 heteroatoms. The second kappa shape index (κ2) is 14.9. The molecule has 0 aliphatic rings. The Bertz CT molecular complexity index is 1130. The van der Waals surface area contributed by atoms with Crippen molar-refractivity contribution >= 4 is 59.6 Å². The van der Waals surface area contributed by atoms with E-state index in [9.17, 15) is 0 Å². The van der Waals surface area contributed by atoms with Gasteiger partial charge in [0.1, 0.15) is 11.5 Å². The highest BCUT2D eigenvalue weighted by Crippen LogP contribution is 2.20. The molecule has 5 nitrogen and oxygen atoms in total. The minimum Gasteiger partial charge on any atom is -0.458 e. The Morgan fingerprint density at radius 1 is 0.514 bits per heavy atom. The molecule has 0 aliphatic heterocycles. The van der Waals surface area contributed by atoms with Crippen LogP contribution in [-0.4, -0.2) is 38.6 Å². The van der Waals surface area contributed by atoms with Gasteiger partial charge >= 0.3 is 13.8 Å². The third-order valence-corrected chi connectivity index (χ3v) is 6.60. The van der Waals surface area contributed by atoms with E-state index in [2.05, 4.69) is 36.4 Å². The van der Waals surface area contributed by atoms with Crippen LogP contribution in [0.3, 0.4) is 0 Å². The number of nitrogens with two attached hydrogens (primary N) is 2. The largest absolute Gasteiger partial charge is 0.458 e. The van der Waals surface area contributed by atoms with Crippen LogP contribution >= 0.6 is 23.9 Å². The van der Waals surface area contributed by atoms with Crippen molar-refractivity contribution in [2.75, 3.05) is 24.7 Å². The van der Waals surface area contributed by atoms with Gasteiger partial charge in [-0.25, -0.2) is 0 Å². The predicted molar refractivity (Wildman–Crippen MR) is 161 cm³/mol. The van der Waals surface area contributed by atoms with Gasteiger partial charge in [0.25, 0.3) is 0 Å². The zero-order chi connectivity index (χ0) is 25.7. The highest BCUT2D eigenvalue weighted by molar-refractivity contribution is 7.97. The summed E-state index contributed by atoms with van der Waals surface area (Å²) < 4.78 is 19.3. The van der Waals surface area contributed by atoms with Crippen molar-refractivity contribution in [3.05, 3.63) is 109 Å². The summed E-state index contributed by atoms with van der Waals surface area (Å²) in [5, 5.41) is 11.3. The maximum absolute atomic E-state index is 6.64. The lowest BCUT2D eigenvalue weighted by Crippen LogP contribution is -2.47. The predicted octanol–water partition coefficient (Wildman–Crippen LogP) is 2.94. The van der Waals surface area contributed by atoms with Gasteiger partial charge in [0.05, 0.1) is 0 Å². The standard InChI is InChI=1S/C28H30B2N2O3S2/c31-36-21-19-33-29(23-11-3-1-4-12-23)25-15-7-9-17-27(25)35-28-18-10-8-16-26(28)30(34-20-22-37-32)24-13-5-2-6-14-24/h1-18H,19-22,31-32H2. The monoisotopic (exact) mass is 528 g/mol. The molecule has 0 aromatic heterocycles. The minimum absolute atomic E-state index is 0.292. The van der Waals surface area contributed by atoms with Crippen molar-refractivity contribution in [3.63, 3.8) is 0 Å². The molecule has 0 radical (unpaired) electrons. The average Bonchev–Trinajstić information content (AvgIpc) is 2.96. The molecule has 0 bridgehead atoms. The topological polar surface area (TPSA) is 79.7 Å². The van der Waals surface area contributed by atoms with Crippen molar-refractivity contribution in [2.24, 2.45) is 10.3 Å². The highest BCUT2D eigenvalue weighted by Gasteiger charge is 2.28. The highest BCUT2D eigenvalue weighted by atomic mass is 32.2. The summed E-state index contributed by atoms with van der Waals surface area (Å²) in [4.78, 5) is 0. The van der Waals surface area contributed by atoms with Crippen molar-refractivity contribution in [2.45, 2.75) is 0 Å². The zero-order valence-corrected chi connectivity index (χ0v) is 22.2. The molecule has 0 fully saturated rings. The molecular weight excluding hydrogens is 498 g/mol. The van der Waals surface area contributed by atoms with Gasteiger partial charge in [-0.2, -0.15) is 0 Å². The van der Waals surface area contributed by atoms with E-state index in [0.717, 1.165) is 33.4 Å². The molecule has 0 atom stereocenters. The van der Waals surface area contributed by atoms with E-state index in [1.54, 1.807) is 0 Å². The Morgan fingerprint density at radius 3 is 1.30 bits per heavy atom. The summed E-state index contributed by atoms with van der Waals surface area (Å²) >= 11 is 2.54. The zero-order valence-electron chi connectivity index (χ0n) is 20.6. The molecule has 188 valence electrons. The minimum atomic E-state index is -0.292. The van der Waals surface area contributed by atoms with Crippen LogP contribution in [0.25, 0.3) is 0 Å². The molecule has 4 N–H and O–H groups in total. The van der Waals surface area contributed by atoms with Crippen LogP contribution < -0.4 is 36.9 Å². The van der Waals surface area contributed by atoms with Gasteiger partial charge in [0, 0.05) is 24.7 Å². The summed E-state index contributed by atoms with van der Waals surface area (Å²) in [5.41, 5.74) is 4.00. The molecule has 0 saturated carbocycles. The van der Waals surface area contributed by atoms with Gasteiger partial charge in [0.2, 0.25) is 0 Å². The van der Waals surface area contributed by atoms with Crippen molar-refractivity contribution in [3.8, 4) is 11.5 Å². The Balaban J connectivity index is 1.69. The molecule has 0 aliphatic carbocycles. The van der Waals surface area contributed by atoms with E-state index in [1.165, 1.54) is 23.9 Å². The fraction of sp³-hybridized carbons (Fsp3) is 0.143. The van der Waals surface area contributed by atoms with E-state index in [4.69, 9.17) is 24.3 Å². The number of hydrogen-bond acceptors (Lipinski definition) is 7. The summed E-state index contributed by atoms with van der Waals surface area (Å²) in [5.74, 6) is 2.86. The fourth-order valence-corrected chi connectivity index (χ4v) is 4.50. The molecule has 4 rings (SSSR count). The van der Waals surface area contributed by atoms with Gasteiger partial charge in [-0.3, -0.25) is 10.3 Å². The van der Waals surface area contributed by atoms with Gasteiger partial charge in [-0.05, 0) is 34.0 Å². The van der Waals surface area contributed by atoms with E-state index < -0.39 is 0 Å². The van der Waals surface area contributed by atoms with E-state index in [1.807, 2.05) is 72.8 Å². The quantitative estimate of drug-likeness (QED) is 0.148. The molecule has 0 saturated heterocycles. The number of hydrogen-bond donors (Lipinski definition) is 2. The lowest BCUT2D eigenvalue weighted by atomic mass is 9.54. The van der Waals surface area contributed by atoms with Crippen molar-refractivity contribution < 1.29 is 14.0 Å². The molecule has 0 spiro atoms. The number of ether oxygens (including phenoxy) is 1. The number of para-hydroxylation sites is 2. The van der Waals surface area contributed by atoms with Crippen LogP contribution in [0.2, 0.25) is 0 Å². The molecule has 0 amide bonds. The third-order valence-electron chi connectivity index (χ3n) is 5.80. The molecule has 37 heavy (non-hydrogen) atoms. The van der Waals surface area contributed by atoms with Crippen LogP contribution in [0.5, 0.6) is 11.5 Å². The van der Waals surface area contributed by atoms with Gasteiger partial charge < -0.3 is 14.0 Å². The SMILES string of the molecule is NSCCOB(c1ccccc1)c1ccccc1Oc1ccccc1B(OCCSN)c1ccccc1. The second-order valence-corrected chi connectivity index (χ2v) is 9.73. The summed E-state index contributed by atoms with van der Waals surface area (Å²) in [6.07, 6.45) is 0. The molecule has 4 aromatic rings. The maximum atomic E-state index is 6.64. The van der Waals surface area contributed by atoms with Gasteiger partial charge in [0.15, 0.2) is 0 Å². The lowest BCUT2D eigenvalue weighted by molar-refractivity contribution is 0.360. The normalized spacial score (nSPS) is 10.8. The van der Waals surface area contributed by atoms with Gasteiger partial charge in [-0.15, -0.1) is 0 Å². The Hall–Kier alpha value is -2.65. The van der Waals surface area contributed by atoms with Crippen LogP contribution in [0, 0.1) is 0 Å². The first-order valence-electron chi connectivity index (χ1n) is 12.1. The van der Waals surface area contributed by atoms with Crippen molar-refractivity contribution in [1.29, 1.82) is 0 Å². The molecule has 0 unspecified atom stereocenters. The first kappa shape index (κ1) is 27.4. The lowest BCUT2D eigenvalue weighted by Gasteiger charge is -2.21. The summed E-state index contributed by atoms with van der Waals surface area (Å²) in [6.45, 7) is 0.461. The van der Waals surface area contributed by atoms with Crippen LogP contribution in [0.15, 0.2) is 109 Å².